The lowest BCUT2D eigenvalue weighted by atomic mass is 9.55. The third kappa shape index (κ3) is 0.976. The number of fused-ring (bicyclic) bond motifs is 9. The molecule has 102 valence electrons. The van der Waals surface area contributed by atoms with Gasteiger partial charge in [-0.1, -0.05) is 19.1 Å². The zero-order valence-corrected chi connectivity index (χ0v) is 10.9. The second-order valence-electron chi connectivity index (χ2n) is 7.11. The van der Waals surface area contributed by atoms with Gasteiger partial charge in [0.05, 0.1) is 0 Å². The summed E-state index contributed by atoms with van der Waals surface area (Å²) in [6.07, 6.45) is 6.70. The normalized spacial score (nSPS) is 51.5. The molecule has 4 heteroatoms. The highest BCUT2D eigenvalue weighted by atomic mass is 16.4. The van der Waals surface area contributed by atoms with E-state index in [4.69, 9.17) is 0 Å². The maximum Gasteiger partial charge on any atom is 0.321 e. The minimum absolute atomic E-state index is 0.151. The van der Waals surface area contributed by atoms with Crippen LogP contribution in [0.15, 0.2) is 12.2 Å². The average molecular weight is 262 g/mol. The molecule has 0 amide bonds. The van der Waals surface area contributed by atoms with Crippen molar-refractivity contribution in [2.75, 3.05) is 0 Å². The quantitative estimate of drug-likeness (QED) is 0.453. The minimum atomic E-state index is -1.52. The van der Waals surface area contributed by atoms with Crippen molar-refractivity contribution in [2.24, 2.45) is 40.4 Å². The van der Waals surface area contributed by atoms with Gasteiger partial charge in [0.2, 0.25) is 0 Å². The Balaban J connectivity index is 1.84. The number of hydrogen-bond donors (Lipinski definition) is 2. The number of carbonyl (C=O) groups is 2. The Labute approximate surface area is 111 Å². The molecule has 0 aromatic carbocycles. The summed E-state index contributed by atoms with van der Waals surface area (Å²) in [7, 11) is 0. The Morgan fingerprint density at radius 1 is 1.16 bits per heavy atom. The first-order chi connectivity index (χ1) is 8.92. The van der Waals surface area contributed by atoms with Gasteiger partial charge in [-0.15, -0.1) is 0 Å². The van der Waals surface area contributed by atoms with Gasteiger partial charge in [0.1, 0.15) is 0 Å². The minimum Gasteiger partial charge on any atom is -0.480 e. The van der Waals surface area contributed by atoms with Crippen LogP contribution in [0.25, 0.3) is 0 Å². The van der Waals surface area contributed by atoms with Crippen molar-refractivity contribution < 1.29 is 19.8 Å². The van der Waals surface area contributed by atoms with E-state index in [-0.39, 0.29) is 23.2 Å². The first-order valence-corrected chi connectivity index (χ1v) is 7.07. The van der Waals surface area contributed by atoms with Crippen LogP contribution in [0.5, 0.6) is 0 Å². The summed E-state index contributed by atoms with van der Waals surface area (Å²) in [5.74, 6) is -0.968. The largest absolute Gasteiger partial charge is 0.480 e. The predicted octanol–water partition coefficient (Wildman–Crippen LogP) is 2.01. The van der Waals surface area contributed by atoms with Crippen LogP contribution in [0.1, 0.15) is 26.2 Å². The van der Waals surface area contributed by atoms with Crippen molar-refractivity contribution in [2.45, 2.75) is 26.2 Å². The molecule has 0 heterocycles. The van der Waals surface area contributed by atoms with E-state index in [1.165, 1.54) is 0 Å². The highest BCUT2D eigenvalue weighted by Crippen LogP contribution is 2.76. The maximum atomic E-state index is 11.7. The molecule has 2 N–H and O–H groups in total. The van der Waals surface area contributed by atoms with Gasteiger partial charge in [-0.3, -0.25) is 9.59 Å². The van der Waals surface area contributed by atoms with E-state index < -0.39 is 17.4 Å². The van der Waals surface area contributed by atoms with Crippen LogP contribution >= 0.6 is 0 Å². The van der Waals surface area contributed by atoms with Crippen LogP contribution < -0.4 is 0 Å². The van der Waals surface area contributed by atoms with Gasteiger partial charge in [-0.25, -0.2) is 0 Å². The molecule has 0 saturated heterocycles. The van der Waals surface area contributed by atoms with Crippen molar-refractivity contribution in [1.29, 1.82) is 0 Å². The Morgan fingerprint density at radius 3 is 2.47 bits per heavy atom. The molecule has 0 aliphatic heterocycles. The highest BCUT2D eigenvalue weighted by molar-refractivity contribution is 5.99. The van der Waals surface area contributed by atoms with E-state index >= 15 is 0 Å². The second-order valence-corrected chi connectivity index (χ2v) is 7.11. The van der Waals surface area contributed by atoms with Crippen molar-refractivity contribution in [3.05, 3.63) is 12.2 Å². The zero-order valence-electron chi connectivity index (χ0n) is 10.9. The summed E-state index contributed by atoms with van der Waals surface area (Å²) < 4.78 is 0. The topological polar surface area (TPSA) is 74.6 Å². The van der Waals surface area contributed by atoms with E-state index in [0.717, 1.165) is 12.8 Å². The molecule has 3 saturated carbocycles. The molecular weight excluding hydrogens is 244 g/mol. The van der Waals surface area contributed by atoms with E-state index in [2.05, 4.69) is 19.1 Å². The number of hydrogen-bond acceptors (Lipinski definition) is 2. The van der Waals surface area contributed by atoms with E-state index in [9.17, 15) is 19.8 Å². The monoisotopic (exact) mass is 262 g/mol. The maximum absolute atomic E-state index is 11.7. The number of carboxylic acids is 2. The van der Waals surface area contributed by atoms with Crippen molar-refractivity contribution in [1.82, 2.24) is 0 Å². The van der Waals surface area contributed by atoms with Crippen LogP contribution in [0.2, 0.25) is 0 Å². The van der Waals surface area contributed by atoms with Gasteiger partial charge in [0, 0.05) is 0 Å². The van der Waals surface area contributed by atoms with Crippen LogP contribution in [-0.4, -0.2) is 22.2 Å². The van der Waals surface area contributed by atoms with Crippen LogP contribution in [-0.2, 0) is 9.59 Å². The molecule has 0 aromatic rings. The lowest BCUT2D eigenvalue weighted by Crippen LogP contribution is -2.52. The van der Waals surface area contributed by atoms with Crippen LogP contribution in [0.4, 0.5) is 0 Å². The lowest BCUT2D eigenvalue weighted by molar-refractivity contribution is -0.174. The van der Waals surface area contributed by atoms with Crippen LogP contribution in [0, 0.1) is 40.4 Å². The van der Waals surface area contributed by atoms with E-state index in [0.29, 0.717) is 18.3 Å². The second kappa shape index (κ2) is 3.05. The molecule has 19 heavy (non-hydrogen) atoms. The first-order valence-electron chi connectivity index (χ1n) is 7.07. The fourth-order valence-corrected chi connectivity index (χ4v) is 6.11. The molecule has 0 aromatic heterocycles. The van der Waals surface area contributed by atoms with Gasteiger partial charge in [-0.05, 0) is 54.3 Å². The predicted molar refractivity (Wildman–Crippen MR) is 66.3 cm³/mol. The molecular formula is C15H18O4. The lowest BCUT2D eigenvalue weighted by Gasteiger charge is -2.47. The Hall–Kier alpha value is -1.32. The van der Waals surface area contributed by atoms with Gasteiger partial charge in [0.25, 0.3) is 0 Å². The smallest absolute Gasteiger partial charge is 0.321 e. The summed E-state index contributed by atoms with van der Waals surface area (Å²) in [5.41, 5.74) is -1.37. The van der Waals surface area contributed by atoms with E-state index in [1.807, 2.05) is 0 Å². The Kier molecular flexibility index (Phi) is 1.85. The molecule has 6 unspecified atom stereocenters. The van der Waals surface area contributed by atoms with Gasteiger partial charge in [0.15, 0.2) is 5.41 Å². The van der Waals surface area contributed by atoms with Crippen molar-refractivity contribution in [3.63, 3.8) is 0 Å². The van der Waals surface area contributed by atoms with Gasteiger partial charge < -0.3 is 10.2 Å². The van der Waals surface area contributed by atoms with E-state index in [1.54, 1.807) is 0 Å². The number of carboxylic acid groups (broad SMARTS) is 2. The average Bonchev–Trinajstić information content (AvgIpc) is 3.03. The SMILES string of the molecule is CC12C3C=CC(C3)C1C1CC2CC1(C(=O)O)C(=O)O. The fraction of sp³-hybridized carbons (Fsp3) is 0.733. The summed E-state index contributed by atoms with van der Waals surface area (Å²) in [4.78, 5) is 23.3. The fourth-order valence-electron chi connectivity index (χ4n) is 6.11. The number of allylic oxidation sites excluding steroid dienone is 2. The van der Waals surface area contributed by atoms with Crippen molar-refractivity contribution >= 4 is 11.9 Å². The zero-order chi connectivity index (χ0) is 13.6. The van der Waals surface area contributed by atoms with Crippen molar-refractivity contribution in [3.8, 4) is 0 Å². The molecule has 6 atom stereocenters. The molecule has 4 aliphatic carbocycles. The summed E-state index contributed by atoms with van der Waals surface area (Å²) in [6.45, 7) is 2.27. The van der Waals surface area contributed by atoms with Gasteiger partial charge >= 0.3 is 11.9 Å². The molecule has 0 spiro atoms. The molecule has 4 aliphatic rings. The molecule has 4 rings (SSSR count). The molecule has 4 nitrogen and oxygen atoms in total. The molecule has 3 fully saturated rings. The number of rotatable bonds is 2. The summed E-state index contributed by atoms with van der Waals surface area (Å²) >= 11 is 0. The van der Waals surface area contributed by atoms with Gasteiger partial charge in [-0.2, -0.15) is 0 Å². The highest BCUT2D eigenvalue weighted by Gasteiger charge is 2.75. The summed E-state index contributed by atoms with van der Waals surface area (Å²) in [5, 5.41) is 19.1. The third-order valence-corrected chi connectivity index (χ3v) is 6.91. The number of aliphatic carboxylic acids is 2. The Morgan fingerprint density at radius 2 is 1.84 bits per heavy atom. The third-order valence-electron chi connectivity index (χ3n) is 6.91. The molecule has 0 radical (unpaired) electrons. The molecule has 4 bridgehead atoms. The first kappa shape index (κ1) is 11.5. The Bertz CT molecular complexity index is 508. The standard InChI is InChI=1S/C15H18O4/c1-14-8-3-2-7(4-8)11(14)10-5-9(14)6-15(10,12(16)17)13(18)19/h2-3,7-11H,4-6H2,1H3,(H,16,17)(H,18,19). The summed E-state index contributed by atoms with van der Waals surface area (Å²) in [6, 6.07) is 0. The van der Waals surface area contributed by atoms with Crippen LogP contribution in [0.3, 0.4) is 0 Å².